The number of amides is 1. The molecule has 0 atom stereocenters. The Balaban J connectivity index is 1.87. The zero-order valence-corrected chi connectivity index (χ0v) is 14.6. The molecule has 7 nitrogen and oxygen atoms in total. The fraction of sp³-hybridized carbons (Fsp3) is 0.105. The second-order valence-corrected chi connectivity index (χ2v) is 5.50. The van der Waals surface area contributed by atoms with E-state index in [2.05, 4.69) is 15.2 Å². The number of methoxy groups -OCH3 is 1. The van der Waals surface area contributed by atoms with E-state index in [4.69, 9.17) is 4.74 Å². The molecule has 3 aromatic rings. The van der Waals surface area contributed by atoms with E-state index in [1.165, 1.54) is 37.4 Å². The average Bonchev–Trinajstić information content (AvgIpc) is 2.69. The quantitative estimate of drug-likeness (QED) is 0.703. The van der Waals surface area contributed by atoms with Gasteiger partial charge in [-0.25, -0.2) is 0 Å². The minimum absolute atomic E-state index is 0.0319. The Morgan fingerprint density at radius 3 is 2.50 bits per heavy atom. The van der Waals surface area contributed by atoms with Crippen molar-refractivity contribution in [1.29, 1.82) is 0 Å². The van der Waals surface area contributed by atoms with Crippen molar-refractivity contribution in [3.63, 3.8) is 0 Å². The number of nitrogens with one attached hydrogen (secondary N) is 1. The highest BCUT2D eigenvalue weighted by atomic mass is 19.3. The molecule has 1 N–H and O–H groups in total. The van der Waals surface area contributed by atoms with Crippen molar-refractivity contribution in [3.8, 4) is 17.2 Å². The van der Waals surface area contributed by atoms with E-state index in [0.29, 0.717) is 5.69 Å². The molecular weight excluding hydrogens is 372 g/mol. The Kier molecular flexibility index (Phi) is 5.64. The average molecular weight is 387 g/mol. The summed E-state index contributed by atoms with van der Waals surface area (Å²) in [6.07, 6.45) is 0. The number of halogens is 2. The summed E-state index contributed by atoms with van der Waals surface area (Å²) in [4.78, 5) is 24.5. The Hall–Kier alpha value is -3.75. The van der Waals surface area contributed by atoms with Crippen LogP contribution in [0.15, 0.2) is 65.5 Å². The minimum Gasteiger partial charge on any atom is -0.493 e. The number of benzene rings is 2. The number of ether oxygens (including phenoxy) is 2. The van der Waals surface area contributed by atoms with Gasteiger partial charge in [-0.2, -0.15) is 18.6 Å². The molecular formula is C19H15F2N3O4. The molecule has 144 valence electrons. The van der Waals surface area contributed by atoms with Crippen LogP contribution in [0.5, 0.6) is 11.5 Å². The van der Waals surface area contributed by atoms with Gasteiger partial charge < -0.3 is 14.8 Å². The molecule has 0 bridgehead atoms. The fourth-order valence-corrected chi connectivity index (χ4v) is 2.42. The summed E-state index contributed by atoms with van der Waals surface area (Å²) >= 11 is 0. The minimum atomic E-state index is -3.05. The van der Waals surface area contributed by atoms with Gasteiger partial charge in [-0.3, -0.25) is 9.59 Å². The summed E-state index contributed by atoms with van der Waals surface area (Å²) in [6, 6.07) is 15.1. The van der Waals surface area contributed by atoms with Gasteiger partial charge in [-0.15, -0.1) is 0 Å². The lowest BCUT2D eigenvalue weighted by Crippen LogP contribution is -2.24. The maximum absolute atomic E-state index is 12.5. The number of hydrogen-bond donors (Lipinski definition) is 1. The number of aromatic nitrogens is 2. The third kappa shape index (κ3) is 4.32. The highest BCUT2D eigenvalue weighted by Gasteiger charge is 2.15. The molecule has 0 fully saturated rings. The van der Waals surface area contributed by atoms with E-state index in [0.717, 1.165) is 4.68 Å². The van der Waals surface area contributed by atoms with E-state index < -0.39 is 18.1 Å². The van der Waals surface area contributed by atoms with Crippen molar-refractivity contribution in [3.05, 3.63) is 76.7 Å². The molecule has 2 aromatic carbocycles. The maximum Gasteiger partial charge on any atom is 0.387 e. The van der Waals surface area contributed by atoms with Gasteiger partial charge >= 0.3 is 6.61 Å². The standard InChI is InChI=1S/C19H15F2N3O4/c1-27-15-9-7-12(11-16(15)28-19(20)21)22-18(26)14-8-10-17(25)24(23-14)13-5-3-2-4-6-13/h2-11,19H,1H3,(H,22,26). The normalized spacial score (nSPS) is 10.6. The molecule has 0 unspecified atom stereocenters. The largest absolute Gasteiger partial charge is 0.493 e. The van der Waals surface area contributed by atoms with Crippen LogP contribution in [-0.2, 0) is 0 Å². The van der Waals surface area contributed by atoms with Gasteiger partial charge in [0.2, 0.25) is 0 Å². The van der Waals surface area contributed by atoms with Gasteiger partial charge in [0.1, 0.15) is 5.69 Å². The molecule has 0 spiro atoms. The molecule has 1 amide bonds. The number of rotatable bonds is 6. The number of anilines is 1. The Morgan fingerprint density at radius 1 is 1.07 bits per heavy atom. The summed E-state index contributed by atoms with van der Waals surface area (Å²) in [5.74, 6) is -0.760. The summed E-state index contributed by atoms with van der Waals surface area (Å²) in [5, 5.41) is 6.58. The molecule has 0 aliphatic carbocycles. The van der Waals surface area contributed by atoms with Crippen molar-refractivity contribution in [2.24, 2.45) is 0 Å². The van der Waals surface area contributed by atoms with E-state index in [1.54, 1.807) is 30.3 Å². The number of alkyl halides is 2. The first-order valence-corrected chi connectivity index (χ1v) is 8.08. The van der Waals surface area contributed by atoms with Gasteiger partial charge in [0.25, 0.3) is 11.5 Å². The van der Waals surface area contributed by atoms with Gasteiger partial charge in [0.05, 0.1) is 12.8 Å². The van der Waals surface area contributed by atoms with Crippen LogP contribution < -0.4 is 20.3 Å². The molecule has 0 aliphatic heterocycles. The molecule has 1 heterocycles. The molecule has 9 heteroatoms. The Labute approximate surface area is 158 Å². The highest BCUT2D eigenvalue weighted by molar-refractivity contribution is 6.02. The van der Waals surface area contributed by atoms with Gasteiger partial charge in [-0.05, 0) is 30.3 Å². The van der Waals surface area contributed by atoms with Crippen molar-refractivity contribution in [2.75, 3.05) is 12.4 Å². The van der Waals surface area contributed by atoms with Crippen molar-refractivity contribution >= 4 is 11.6 Å². The molecule has 28 heavy (non-hydrogen) atoms. The van der Waals surface area contributed by atoms with E-state index in [9.17, 15) is 18.4 Å². The second kappa shape index (κ2) is 8.30. The Morgan fingerprint density at radius 2 is 1.82 bits per heavy atom. The van der Waals surface area contributed by atoms with Crippen LogP contribution in [0.25, 0.3) is 5.69 Å². The molecule has 0 aliphatic rings. The van der Waals surface area contributed by atoms with Gasteiger partial charge in [-0.1, -0.05) is 18.2 Å². The van der Waals surface area contributed by atoms with E-state index >= 15 is 0 Å². The predicted molar refractivity (Wildman–Crippen MR) is 97.4 cm³/mol. The van der Waals surface area contributed by atoms with Crippen LogP contribution in [0.4, 0.5) is 14.5 Å². The van der Waals surface area contributed by atoms with E-state index in [1.807, 2.05) is 0 Å². The second-order valence-electron chi connectivity index (χ2n) is 5.50. The molecule has 3 rings (SSSR count). The van der Waals surface area contributed by atoms with Crippen molar-refractivity contribution in [1.82, 2.24) is 9.78 Å². The SMILES string of the molecule is COc1ccc(NC(=O)c2ccc(=O)n(-c3ccccc3)n2)cc1OC(F)F. The summed E-state index contributed by atoms with van der Waals surface area (Å²) in [5.41, 5.74) is 0.260. The number of para-hydroxylation sites is 1. The zero-order valence-electron chi connectivity index (χ0n) is 14.6. The molecule has 1 aromatic heterocycles. The third-order valence-electron chi connectivity index (χ3n) is 3.67. The predicted octanol–water partition coefficient (Wildman–Crippen LogP) is 3.09. The smallest absolute Gasteiger partial charge is 0.387 e. The summed E-state index contributed by atoms with van der Waals surface area (Å²) in [7, 11) is 1.31. The number of hydrogen-bond acceptors (Lipinski definition) is 5. The highest BCUT2D eigenvalue weighted by Crippen LogP contribution is 2.31. The lowest BCUT2D eigenvalue weighted by Gasteiger charge is -2.12. The first kappa shape index (κ1) is 19.0. The van der Waals surface area contributed by atoms with Crippen LogP contribution in [0.3, 0.4) is 0 Å². The fourth-order valence-electron chi connectivity index (χ4n) is 2.42. The number of carbonyl (C=O) groups excluding carboxylic acids is 1. The third-order valence-corrected chi connectivity index (χ3v) is 3.67. The number of nitrogens with zero attached hydrogens (tertiary/aromatic N) is 2. The summed E-state index contributed by atoms with van der Waals surface area (Å²) < 4.78 is 35.5. The molecule has 0 radical (unpaired) electrons. The van der Waals surface area contributed by atoms with Crippen LogP contribution >= 0.6 is 0 Å². The molecule has 0 saturated carbocycles. The van der Waals surface area contributed by atoms with Gasteiger partial charge in [0.15, 0.2) is 11.5 Å². The first-order valence-electron chi connectivity index (χ1n) is 8.08. The zero-order chi connectivity index (χ0) is 20.1. The van der Waals surface area contributed by atoms with E-state index in [-0.39, 0.29) is 22.9 Å². The van der Waals surface area contributed by atoms with Crippen LogP contribution in [0, 0.1) is 0 Å². The Bertz CT molecular complexity index is 1040. The molecule has 0 saturated heterocycles. The van der Waals surface area contributed by atoms with Crippen LogP contribution in [0.1, 0.15) is 10.5 Å². The number of carbonyl (C=O) groups is 1. The first-order chi connectivity index (χ1) is 13.5. The topological polar surface area (TPSA) is 82.5 Å². The lowest BCUT2D eigenvalue weighted by molar-refractivity contribution is -0.0511. The van der Waals surface area contributed by atoms with Crippen LogP contribution in [-0.4, -0.2) is 29.4 Å². The van der Waals surface area contributed by atoms with Crippen molar-refractivity contribution < 1.29 is 23.0 Å². The van der Waals surface area contributed by atoms with Crippen LogP contribution in [0.2, 0.25) is 0 Å². The lowest BCUT2D eigenvalue weighted by atomic mass is 10.2. The monoisotopic (exact) mass is 387 g/mol. The summed E-state index contributed by atoms with van der Waals surface area (Å²) in [6.45, 7) is -3.05. The van der Waals surface area contributed by atoms with Gasteiger partial charge in [0, 0.05) is 17.8 Å². The van der Waals surface area contributed by atoms with Crippen molar-refractivity contribution in [2.45, 2.75) is 6.61 Å². The maximum atomic E-state index is 12.5.